The summed E-state index contributed by atoms with van der Waals surface area (Å²) in [5, 5.41) is 15.1. The summed E-state index contributed by atoms with van der Waals surface area (Å²) >= 11 is 0. The van der Waals surface area contributed by atoms with Gasteiger partial charge in [-0.25, -0.2) is 0 Å². The monoisotopic (exact) mass is 248 g/mol. The van der Waals surface area contributed by atoms with Gasteiger partial charge >= 0.3 is 5.97 Å². The van der Waals surface area contributed by atoms with Crippen molar-refractivity contribution in [1.82, 2.24) is 10.4 Å². The maximum absolute atomic E-state index is 11.6. The third kappa shape index (κ3) is 4.61. The molecule has 0 fully saturated rings. The van der Waals surface area contributed by atoms with E-state index >= 15 is 0 Å². The number of carboxylic acids is 1. The average Bonchev–Trinajstić information content (AvgIpc) is 2.37. The van der Waals surface area contributed by atoms with Crippen LogP contribution in [0.2, 0.25) is 0 Å². The van der Waals surface area contributed by atoms with Crippen molar-refractivity contribution in [3.05, 3.63) is 24.0 Å². The molecule has 6 nitrogen and oxygen atoms in total. The summed E-state index contributed by atoms with van der Waals surface area (Å²) in [5.74, 6) is 4.25. The summed E-state index contributed by atoms with van der Waals surface area (Å²) in [6, 6.07) is 1.59. The second kappa shape index (κ2) is 7.01. The first-order valence-corrected chi connectivity index (χ1v) is 5.39. The molecule has 0 spiro atoms. The zero-order valence-electron chi connectivity index (χ0n) is 10.0. The molecule has 1 amide bonds. The summed E-state index contributed by atoms with van der Waals surface area (Å²) in [4.78, 5) is 22.0. The van der Waals surface area contributed by atoms with Crippen molar-refractivity contribution in [2.24, 2.45) is 0 Å². The molecule has 2 N–H and O–H groups in total. The van der Waals surface area contributed by atoms with Crippen LogP contribution in [0.4, 0.5) is 0 Å². The normalized spacial score (nSPS) is 9.17. The first-order valence-electron chi connectivity index (χ1n) is 5.39. The lowest BCUT2D eigenvalue weighted by Gasteiger charge is -1.99. The van der Waals surface area contributed by atoms with E-state index in [0.29, 0.717) is 12.1 Å². The zero-order valence-corrected chi connectivity index (χ0v) is 10.0. The Morgan fingerprint density at radius 2 is 2.33 bits per heavy atom. The van der Waals surface area contributed by atoms with Crippen LogP contribution in [0.15, 0.2) is 18.5 Å². The lowest BCUT2D eigenvalue weighted by atomic mass is 10.3. The molecule has 1 aromatic heterocycles. The Hall–Kier alpha value is -2.42. The molecular weight excluding hydrogens is 234 g/mol. The van der Waals surface area contributed by atoms with Crippen molar-refractivity contribution in [3.63, 3.8) is 0 Å². The molecule has 18 heavy (non-hydrogen) atoms. The predicted octanol–water partition coefficient (Wildman–Crippen LogP) is -0.403. The maximum Gasteiger partial charge on any atom is 0.309 e. The minimum atomic E-state index is -0.885. The van der Waals surface area contributed by atoms with Gasteiger partial charge < -0.3 is 10.4 Å². The van der Waals surface area contributed by atoms with Crippen LogP contribution < -0.4 is 10.00 Å². The molecule has 0 radical (unpaired) electrons. The van der Waals surface area contributed by atoms with E-state index < -0.39 is 5.97 Å². The fourth-order valence-electron chi connectivity index (χ4n) is 1.18. The molecule has 0 aliphatic carbocycles. The number of hydrogen-bond donors (Lipinski definition) is 2. The van der Waals surface area contributed by atoms with Crippen LogP contribution in [0.5, 0.6) is 0 Å². The Labute approximate surface area is 105 Å². The van der Waals surface area contributed by atoms with Crippen molar-refractivity contribution in [1.29, 1.82) is 0 Å². The maximum atomic E-state index is 11.6. The number of amides is 1. The molecule has 0 saturated heterocycles. The van der Waals surface area contributed by atoms with E-state index in [4.69, 9.17) is 5.11 Å². The molecular formula is C12H14N3O3+. The van der Waals surface area contributed by atoms with E-state index in [1.54, 1.807) is 19.2 Å². The highest BCUT2D eigenvalue weighted by molar-refractivity contribution is 5.93. The molecule has 0 aliphatic rings. The van der Waals surface area contributed by atoms with Crippen molar-refractivity contribution in [3.8, 4) is 11.8 Å². The summed E-state index contributed by atoms with van der Waals surface area (Å²) < 4.78 is 1.47. The van der Waals surface area contributed by atoms with Gasteiger partial charge in [0.15, 0.2) is 12.7 Å². The van der Waals surface area contributed by atoms with Gasteiger partial charge in [-0.15, -0.1) is 5.92 Å². The molecule has 1 rings (SSSR count). The number of aliphatic carboxylic acids is 1. The summed E-state index contributed by atoms with van der Waals surface area (Å²) in [6.45, 7) is 2.27. The van der Waals surface area contributed by atoms with Gasteiger partial charge in [0.05, 0.1) is 12.1 Å². The van der Waals surface area contributed by atoms with Crippen molar-refractivity contribution in [2.75, 3.05) is 6.54 Å². The van der Waals surface area contributed by atoms with Crippen molar-refractivity contribution >= 4 is 11.9 Å². The lowest BCUT2D eigenvalue weighted by Crippen LogP contribution is -2.39. The molecule has 1 aromatic rings. The molecule has 0 bridgehead atoms. The smallest absolute Gasteiger partial charge is 0.309 e. The highest BCUT2D eigenvalue weighted by Crippen LogP contribution is 1.92. The van der Waals surface area contributed by atoms with E-state index in [-0.39, 0.29) is 18.9 Å². The molecule has 0 atom stereocenters. The Balaban J connectivity index is 2.55. The fraction of sp³-hybridized carbons (Fsp3) is 0.333. The van der Waals surface area contributed by atoms with Crippen molar-refractivity contribution < 1.29 is 19.4 Å². The van der Waals surface area contributed by atoms with Crippen LogP contribution in [0.25, 0.3) is 0 Å². The number of hydrogen-bond acceptors (Lipinski definition) is 3. The SMILES string of the molecule is CC#CCNC(=O)c1cc[n+](CCC(=O)O)nc1. The first kappa shape index (κ1) is 13.6. The second-order valence-corrected chi connectivity index (χ2v) is 3.43. The number of nitrogens with one attached hydrogen (secondary N) is 1. The van der Waals surface area contributed by atoms with Crippen LogP contribution >= 0.6 is 0 Å². The van der Waals surface area contributed by atoms with Crippen LogP contribution in [0.3, 0.4) is 0 Å². The summed E-state index contributed by atoms with van der Waals surface area (Å²) in [5.41, 5.74) is 0.416. The van der Waals surface area contributed by atoms with Gasteiger partial charge in [0, 0.05) is 6.07 Å². The standard InChI is InChI=1S/C12H13N3O3/c1-2-3-6-13-12(18)10-4-7-15(14-9-10)8-5-11(16)17/h4,7,9H,5-6,8H2,1H3,(H-,13,16,17,18)/p+1. The average molecular weight is 248 g/mol. The first-order chi connectivity index (χ1) is 8.63. The Bertz CT molecular complexity index is 486. The lowest BCUT2D eigenvalue weighted by molar-refractivity contribution is -0.753. The largest absolute Gasteiger partial charge is 0.481 e. The number of carbonyl (C=O) groups is 2. The van der Waals surface area contributed by atoms with Gasteiger partial charge in [-0.3, -0.25) is 9.59 Å². The van der Waals surface area contributed by atoms with E-state index in [1.165, 1.54) is 10.9 Å². The molecule has 0 aromatic carbocycles. The van der Waals surface area contributed by atoms with Crippen LogP contribution in [0.1, 0.15) is 23.7 Å². The molecule has 0 saturated carbocycles. The Kier molecular flexibility index (Phi) is 5.32. The van der Waals surface area contributed by atoms with Crippen LogP contribution in [-0.2, 0) is 11.3 Å². The highest BCUT2D eigenvalue weighted by Gasteiger charge is 2.10. The van der Waals surface area contributed by atoms with Gasteiger partial charge in [-0.05, 0) is 12.0 Å². The van der Waals surface area contributed by atoms with Crippen LogP contribution in [0, 0.1) is 11.8 Å². The molecule has 0 aliphatic heterocycles. The van der Waals surface area contributed by atoms with Gasteiger partial charge in [-0.1, -0.05) is 10.6 Å². The minimum absolute atomic E-state index is 0.00466. The second-order valence-electron chi connectivity index (χ2n) is 3.43. The van der Waals surface area contributed by atoms with E-state index in [2.05, 4.69) is 22.3 Å². The third-order valence-corrected chi connectivity index (χ3v) is 2.10. The van der Waals surface area contributed by atoms with Gasteiger partial charge in [0.1, 0.15) is 12.6 Å². The van der Waals surface area contributed by atoms with E-state index in [9.17, 15) is 9.59 Å². The quantitative estimate of drug-likeness (QED) is 0.548. The number of carbonyl (C=O) groups excluding carboxylic acids is 1. The summed E-state index contributed by atoms with van der Waals surface area (Å²) in [7, 11) is 0. The van der Waals surface area contributed by atoms with Crippen molar-refractivity contribution in [2.45, 2.75) is 19.9 Å². The number of aryl methyl sites for hydroxylation is 1. The predicted molar refractivity (Wildman–Crippen MR) is 62.5 cm³/mol. The van der Waals surface area contributed by atoms with Gasteiger partial charge in [0.25, 0.3) is 5.91 Å². The van der Waals surface area contributed by atoms with Gasteiger partial charge in [0.2, 0.25) is 0 Å². The number of nitrogens with zero attached hydrogens (tertiary/aromatic N) is 2. The van der Waals surface area contributed by atoms with Crippen LogP contribution in [-0.4, -0.2) is 28.6 Å². The van der Waals surface area contributed by atoms with E-state index in [1.807, 2.05) is 0 Å². The van der Waals surface area contributed by atoms with E-state index in [0.717, 1.165) is 0 Å². The fourth-order valence-corrected chi connectivity index (χ4v) is 1.18. The molecule has 6 heteroatoms. The minimum Gasteiger partial charge on any atom is -0.481 e. The summed E-state index contributed by atoms with van der Waals surface area (Å²) in [6.07, 6.45) is 2.97. The topological polar surface area (TPSA) is 83.2 Å². The number of carboxylic acid groups (broad SMARTS) is 1. The molecule has 94 valence electrons. The molecule has 1 heterocycles. The Morgan fingerprint density at radius 1 is 1.56 bits per heavy atom. The molecule has 0 unspecified atom stereocenters. The van der Waals surface area contributed by atoms with Gasteiger partial charge in [-0.2, -0.15) is 0 Å². The Morgan fingerprint density at radius 3 is 2.89 bits per heavy atom. The zero-order chi connectivity index (χ0) is 13.4. The number of aromatic nitrogens is 2. The third-order valence-electron chi connectivity index (χ3n) is 2.10. The highest BCUT2D eigenvalue weighted by atomic mass is 16.4. The number of rotatable bonds is 5.